The van der Waals surface area contributed by atoms with Gasteiger partial charge in [0, 0.05) is 30.8 Å². The standard InChI is InChI=1S/C24H29FN4O3/c25-18-8-6-11-20(16-18)29(17-23(31)27-19-9-2-1-3-10-19)24(32)14-7-13-22(30)28-21-12-4-5-15-26-21/h4-6,8,11-12,15-16,19H,1-3,7,9-10,13-14,17H2,(H,27,31)(H,26,28,30). The topological polar surface area (TPSA) is 91.4 Å². The lowest BCUT2D eigenvalue weighted by Gasteiger charge is -2.26. The second-order valence-electron chi connectivity index (χ2n) is 7.98. The number of carbonyl (C=O) groups is 3. The maximum absolute atomic E-state index is 13.8. The predicted octanol–water partition coefficient (Wildman–Crippen LogP) is 3.81. The highest BCUT2D eigenvalue weighted by Crippen LogP contribution is 2.19. The van der Waals surface area contributed by atoms with Crippen LogP contribution < -0.4 is 15.5 Å². The van der Waals surface area contributed by atoms with Crippen molar-refractivity contribution in [3.05, 3.63) is 54.5 Å². The fraction of sp³-hybridized carbons (Fsp3) is 0.417. The van der Waals surface area contributed by atoms with Crippen LogP contribution >= 0.6 is 0 Å². The number of nitrogens with zero attached hydrogens (tertiary/aromatic N) is 2. The van der Waals surface area contributed by atoms with Gasteiger partial charge in [-0.1, -0.05) is 31.4 Å². The van der Waals surface area contributed by atoms with Gasteiger partial charge >= 0.3 is 0 Å². The molecule has 1 aliphatic carbocycles. The molecule has 0 spiro atoms. The van der Waals surface area contributed by atoms with Crippen molar-refractivity contribution >= 4 is 29.2 Å². The molecule has 0 bridgehead atoms. The number of hydrogen-bond donors (Lipinski definition) is 2. The maximum atomic E-state index is 13.8. The monoisotopic (exact) mass is 440 g/mol. The third-order valence-electron chi connectivity index (χ3n) is 5.42. The molecule has 2 aromatic rings. The molecule has 0 unspecified atom stereocenters. The van der Waals surface area contributed by atoms with E-state index in [9.17, 15) is 18.8 Å². The Morgan fingerprint density at radius 3 is 2.53 bits per heavy atom. The Morgan fingerprint density at radius 1 is 1.00 bits per heavy atom. The summed E-state index contributed by atoms with van der Waals surface area (Å²) in [6.45, 7) is -0.182. The number of nitrogens with one attached hydrogen (secondary N) is 2. The molecule has 1 aromatic carbocycles. The number of halogens is 1. The lowest BCUT2D eigenvalue weighted by molar-refractivity contribution is -0.124. The van der Waals surface area contributed by atoms with Crippen molar-refractivity contribution in [1.29, 1.82) is 0 Å². The van der Waals surface area contributed by atoms with Crippen LogP contribution in [0.2, 0.25) is 0 Å². The minimum atomic E-state index is -0.484. The van der Waals surface area contributed by atoms with Crippen LogP contribution in [0, 0.1) is 5.82 Å². The van der Waals surface area contributed by atoms with Crippen molar-refractivity contribution in [3.8, 4) is 0 Å². The summed E-state index contributed by atoms with van der Waals surface area (Å²) in [7, 11) is 0. The Bertz CT molecular complexity index is 916. The van der Waals surface area contributed by atoms with Crippen LogP contribution in [0.4, 0.5) is 15.9 Å². The Labute approximate surface area is 187 Å². The summed E-state index contributed by atoms with van der Waals surface area (Å²) < 4.78 is 13.8. The molecule has 3 rings (SSSR count). The number of benzene rings is 1. The van der Waals surface area contributed by atoms with Crippen LogP contribution in [0.15, 0.2) is 48.7 Å². The molecular weight excluding hydrogens is 411 g/mol. The van der Waals surface area contributed by atoms with Gasteiger partial charge in [0.2, 0.25) is 17.7 Å². The molecule has 170 valence electrons. The zero-order chi connectivity index (χ0) is 22.8. The number of pyridine rings is 1. The lowest BCUT2D eigenvalue weighted by atomic mass is 9.95. The van der Waals surface area contributed by atoms with E-state index in [0.29, 0.717) is 17.9 Å². The molecule has 32 heavy (non-hydrogen) atoms. The number of hydrogen-bond acceptors (Lipinski definition) is 4. The van der Waals surface area contributed by atoms with Crippen molar-refractivity contribution < 1.29 is 18.8 Å². The summed E-state index contributed by atoms with van der Waals surface area (Å²) in [5.74, 6) is -0.876. The zero-order valence-electron chi connectivity index (χ0n) is 18.1. The van der Waals surface area contributed by atoms with Gasteiger partial charge in [-0.3, -0.25) is 14.4 Å². The normalized spacial score (nSPS) is 13.9. The fourth-order valence-electron chi connectivity index (χ4n) is 3.81. The van der Waals surface area contributed by atoms with Crippen LogP contribution in [0.5, 0.6) is 0 Å². The Hall–Kier alpha value is -3.29. The molecule has 1 saturated carbocycles. The molecule has 1 heterocycles. The van der Waals surface area contributed by atoms with Gasteiger partial charge in [0.1, 0.15) is 18.2 Å². The van der Waals surface area contributed by atoms with Gasteiger partial charge in [-0.05, 0) is 49.6 Å². The second-order valence-corrected chi connectivity index (χ2v) is 7.98. The van der Waals surface area contributed by atoms with Crippen LogP contribution in [-0.4, -0.2) is 35.3 Å². The highest BCUT2D eigenvalue weighted by Gasteiger charge is 2.22. The van der Waals surface area contributed by atoms with Crippen LogP contribution in [-0.2, 0) is 14.4 Å². The van der Waals surface area contributed by atoms with Gasteiger partial charge in [-0.2, -0.15) is 0 Å². The number of rotatable bonds is 9. The highest BCUT2D eigenvalue weighted by molar-refractivity contribution is 5.99. The van der Waals surface area contributed by atoms with Crippen LogP contribution in [0.3, 0.4) is 0 Å². The van der Waals surface area contributed by atoms with Crippen molar-refractivity contribution in [3.63, 3.8) is 0 Å². The maximum Gasteiger partial charge on any atom is 0.240 e. The quantitative estimate of drug-likeness (QED) is 0.620. The van der Waals surface area contributed by atoms with E-state index in [-0.39, 0.29) is 43.1 Å². The van der Waals surface area contributed by atoms with Gasteiger partial charge in [0.15, 0.2) is 0 Å². The van der Waals surface area contributed by atoms with E-state index < -0.39 is 5.82 Å². The first-order chi connectivity index (χ1) is 15.5. The van der Waals surface area contributed by atoms with E-state index >= 15 is 0 Å². The largest absolute Gasteiger partial charge is 0.352 e. The van der Waals surface area contributed by atoms with Gasteiger partial charge in [-0.15, -0.1) is 0 Å². The van der Waals surface area contributed by atoms with Crippen molar-refractivity contribution in [2.24, 2.45) is 0 Å². The highest BCUT2D eigenvalue weighted by atomic mass is 19.1. The lowest BCUT2D eigenvalue weighted by Crippen LogP contribution is -2.45. The molecule has 1 aliphatic rings. The van der Waals surface area contributed by atoms with Crippen molar-refractivity contribution in [2.75, 3.05) is 16.8 Å². The predicted molar refractivity (Wildman–Crippen MR) is 120 cm³/mol. The minimum Gasteiger partial charge on any atom is -0.352 e. The third-order valence-corrected chi connectivity index (χ3v) is 5.42. The minimum absolute atomic E-state index is 0.0584. The first-order valence-corrected chi connectivity index (χ1v) is 11.1. The molecule has 8 heteroatoms. The molecule has 3 amide bonds. The Balaban J connectivity index is 1.56. The molecular formula is C24H29FN4O3. The Kier molecular flexibility index (Phi) is 8.71. The van der Waals surface area contributed by atoms with E-state index in [1.807, 2.05) is 0 Å². The molecule has 1 fully saturated rings. The fourth-order valence-corrected chi connectivity index (χ4v) is 3.81. The summed E-state index contributed by atoms with van der Waals surface area (Å²) >= 11 is 0. The van der Waals surface area contributed by atoms with E-state index in [0.717, 1.165) is 25.7 Å². The molecule has 1 aromatic heterocycles. The van der Waals surface area contributed by atoms with Gasteiger partial charge in [0.25, 0.3) is 0 Å². The SMILES string of the molecule is O=C(CCCC(=O)N(CC(=O)NC1CCCCC1)c1cccc(F)c1)Nc1ccccn1. The Morgan fingerprint density at radius 2 is 1.81 bits per heavy atom. The summed E-state index contributed by atoms with van der Waals surface area (Å²) in [5, 5.41) is 5.67. The summed E-state index contributed by atoms with van der Waals surface area (Å²) in [6.07, 6.45) is 7.28. The van der Waals surface area contributed by atoms with E-state index in [2.05, 4.69) is 15.6 Å². The number of aromatic nitrogens is 1. The smallest absolute Gasteiger partial charge is 0.240 e. The van der Waals surface area contributed by atoms with E-state index in [4.69, 9.17) is 0 Å². The second kappa shape index (κ2) is 11.9. The first kappa shape index (κ1) is 23.4. The van der Waals surface area contributed by atoms with Gasteiger partial charge in [0.05, 0.1) is 0 Å². The number of carbonyl (C=O) groups excluding carboxylic acids is 3. The first-order valence-electron chi connectivity index (χ1n) is 11.1. The van der Waals surface area contributed by atoms with E-state index in [1.165, 1.54) is 29.5 Å². The molecule has 0 saturated heterocycles. The average Bonchev–Trinajstić information content (AvgIpc) is 2.78. The van der Waals surface area contributed by atoms with Gasteiger partial charge in [-0.25, -0.2) is 9.37 Å². The number of amides is 3. The molecule has 0 radical (unpaired) electrons. The number of anilines is 2. The zero-order valence-corrected chi connectivity index (χ0v) is 18.1. The third kappa shape index (κ3) is 7.44. The average molecular weight is 441 g/mol. The van der Waals surface area contributed by atoms with Crippen LogP contribution in [0.1, 0.15) is 51.4 Å². The van der Waals surface area contributed by atoms with Crippen molar-refractivity contribution in [2.45, 2.75) is 57.4 Å². The molecule has 2 N–H and O–H groups in total. The summed E-state index contributed by atoms with van der Waals surface area (Å²) in [6, 6.07) is 10.9. The summed E-state index contributed by atoms with van der Waals surface area (Å²) in [5.41, 5.74) is 0.326. The molecule has 7 nitrogen and oxygen atoms in total. The van der Waals surface area contributed by atoms with Crippen LogP contribution in [0.25, 0.3) is 0 Å². The molecule has 0 aliphatic heterocycles. The summed E-state index contributed by atoms with van der Waals surface area (Å²) in [4.78, 5) is 42.9. The molecule has 0 atom stereocenters. The van der Waals surface area contributed by atoms with Gasteiger partial charge < -0.3 is 15.5 Å². The van der Waals surface area contributed by atoms with E-state index in [1.54, 1.807) is 30.5 Å². The van der Waals surface area contributed by atoms with Crippen molar-refractivity contribution in [1.82, 2.24) is 10.3 Å².